The van der Waals surface area contributed by atoms with Crippen molar-refractivity contribution in [2.24, 2.45) is 17.8 Å². The summed E-state index contributed by atoms with van der Waals surface area (Å²) in [6, 6.07) is 5.39. The molecule has 2 unspecified atom stereocenters. The van der Waals surface area contributed by atoms with Crippen molar-refractivity contribution in [1.82, 2.24) is 4.90 Å². The molecule has 3 saturated heterocycles. The maximum Gasteiger partial charge on any atom is 0.313 e. The zero-order chi connectivity index (χ0) is 28.5. The Balaban J connectivity index is 1.85. The van der Waals surface area contributed by atoms with E-state index in [0.717, 1.165) is 0 Å². The number of carbonyl (C=O) groups excluding carboxylic acids is 3. The molecule has 1 spiro atoms. The molecule has 3 fully saturated rings. The van der Waals surface area contributed by atoms with Gasteiger partial charge in [0.2, 0.25) is 5.91 Å². The highest BCUT2D eigenvalue weighted by molar-refractivity contribution is 6.05. The van der Waals surface area contributed by atoms with Crippen molar-refractivity contribution in [3.8, 4) is 5.75 Å². The van der Waals surface area contributed by atoms with Gasteiger partial charge in [-0.25, -0.2) is 0 Å². The Morgan fingerprint density at radius 3 is 2.46 bits per heavy atom. The molecule has 1 aromatic carbocycles. The lowest BCUT2D eigenvalue weighted by atomic mass is 9.65. The van der Waals surface area contributed by atoms with Gasteiger partial charge in [0, 0.05) is 12.2 Å². The Bertz CT molecular complexity index is 1120. The van der Waals surface area contributed by atoms with Gasteiger partial charge in [0.1, 0.15) is 29.9 Å². The first-order valence-corrected chi connectivity index (χ1v) is 13.6. The monoisotopic (exact) mass is 540 g/mol. The van der Waals surface area contributed by atoms with Gasteiger partial charge in [0.25, 0.3) is 5.91 Å². The zero-order valence-corrected chi connectivity index (χ0v) is 23.3. The van der Waals surface area contributed by atoms with E-state index >= 15 is 0 Å². The summed E-state index contributed by atoms with van der Waals surface area (Å²) in [7, 11) is 1.57. The molecule has 4 rings (SSSR count). The third kappa shape index (κ3) is 4.45. The molecule has 9 heteroatoms. The molecule has 0 radical (unpaired) electrons. The van der Waals surface area contributed by atoms with Gasteiger partial charge in [-0.2, -0.15) is 0 Å². The molecule has 3 aliphatic rings. The quantitative estimate of drug-likeness (QED) is 0.321. The van der Waals surface area contributed by atoms with Gasteiger partial charge in [-0.3, -0.25) is 14.4 Å². The number of rotatable bonds is 12. The number of hydrogen-bond donors (Lipinski definition) is 1. The van der Waals surface area contributed by atoms with E-state index in [-0.39, 0.29) is 37.5 Å². The van der Waals surface area contributed by atoms with Gasteiger partial charge >= 0.3 is 5.97 Å². The summed E-state index contributed by atoms with van der Waals surface area (Å²) in [5.74, 6) is -2.48. The SMILES string of the molecule is C=CCOC(=O)[C@@H]1[C@H]2C(=O)N([C@@H](CO)C(C)C)C(C(=O)N(CC=C)c3ccc(OC)cc3)C23CC[C@@]1(CC)O3. The van der Waals surface area contributed by atoms with Crippen molar-refractivity contribution in [3.05, 3.63) is 49.6 Å². The second kappa shape index (κ2) is 11.1. The Hall–Kier alpha value is -3.17. The van der Waals surface area contributed by atoms with Gasteiger partial charge in [-0.1, -0.05) is 39.5 Å². The number of nitrogens with zero attached hydrogens (tertiary/aromatic N) is 2. The third-order valence-electron chi connectivity index (χ3n) is 8.73. The number of aliphatic hydroxyl groups excluding tert-OH is 1. The number of anilines is 1. The minimum Gasteiger partial charge on any atom is -0.497 e. The highest BCUT2D eigenvalue weighted by atomic mass is 16.6. The van der Waals surface area contributed by atoms with Gasteiger partial charge in [-0.15, -0.1) is 6.58 Å². The number of fused-ring (bicyclic) bond motifs is 1. The van der Waals surface area contributed by atoms with Gasteiger partial charge in [0.05, 0.1) is 31.3 Å². The molecule has 0 aliphatic carbocycles. The van der Waals surface area contributed by atoms with Gasteiger partial charge < -0.3 is 29.1 Å². The molecule has 0 saturated carbocycles. The summed E-state index contributed by atoms with van der Waals surface area (Å²) in [6.45, 7) is 13.1. The van der Waals surface area contributed by atoms with Crippen molar-refractivity contribution >= 4 is 23.5 Å². The van der Waals surface area contributed by atoms with Crippen LogP contribution in [0.2, 0.25) is 0 Å². The van der Waals surface area contributed by atoms with Crippen LogP contribution in [-0.4, -0.2) is 77.9 Å². The van der Waals surface area contributed by atoms with Crippen molar-refractivity contribution in [2.45, 2.75) is 63.3 Å². The number of hydrogen-bond acceptors (Lipinski definition) is 7. The van der Waals surface area contributed by atoms with E-state index in [2.05, 4.69) is 13.2 Å². The predicted octanol–water partition coefficient (Wildman–Crippen LogP) is 3.12. The van der Waals surface area contributed by atoms with Crippen LogP contribution < -0.4 is 9.64 Å². The maximum absolute atomic E-state index is 14.6. The first-order valence-electron chi connectivity index (χ1n) is 13.6. The summed E-state index contributed by atoms with van der Waals surface area (Å²) >= 11 is 0. The molecule has 212 valence electrons. The Morgan fingerprint density at radius 1 is 1.23 bits per heavy atom. The normalized spacial score (nSPS) is 29.7. The number of methoxy groups -OCH3 is 1. The molecule has 2 amide bonds. The fourth-order valence-corrected chi connectivity index (χ4v) is 6.86. The molecular formula is C30H40N2O7. The topological polar surface area (TPSA) is 106 Å². The minimum atomic E-state index is -1.23. The Labute approximate surface area is 230 Å². The molecule has 3 aliphatic heterocycles. The molecule has 6 atom stereocenters. The number of esters is 1. The van der Waals surface area contributed by atoms with Crippen LogP contribution in [0, 0.1) is 17.8 Å². The number of likely N-dealkylation sites (tertiary alicyclic amines) is 1. The fraction of sp³-hybridized carbons (Fsp3) is 0.567. The van der Waals surface area contributed by atoms with Crippen molar-refractivity contribution in [1.29, 1.82) is 0 Å². The fourth-order valence-electron chi connectivity index (χ4n) is 6.86. The average molecular weight is 541 g/mol. The molecule has 1 aromatic rings. The van der Waals surface area contributed by atoms with E-state index in [1.807, 2.05) is 20.8 Å². The summed E-state index contributed by atoms with van der Waals surface area (Å²) < 4.78 is 17.5. The predicted molar refractivity (Wildman–Crippen MR) is 146 cm³/mol. The Morgan fingerprint density at radius 2 is 1.92 bits per heavy atom. The van der Waals surface area contributed by atoms with Crippen molar-refractivity contribution in [3.63, 3.8) is 0 Å². The van der Waals surface area contributed by atoms with Crippen LogP contribution in [0.1, 0.15) is 40.0 Å². The third-order valence-corrected chi connectivity index (χ3v) is 8.73. The van der Waals surface area contributed by atoms with Crippen molar-refractivity contribution < 1.29 is 33.7 Å². The van der Waals surface area contributed by atoms with Crippen LogP contribution in [0.4, 0.5) is 5.69 Å². The molecule has 39 heavy (non-hydrogen) atoms. The number of aliphatic hydroxyl groups is 1. The highest BCUT2D eigenvalue weighted by Gasteiger charge is 2.79. The second-order valence-electron chi connectivity index (χ2n) is 10.9. The summed E-state index contributed by atoms with van der Waals surface area (Å²) in [5.41, 5.74) is -1.52. The molecule has 0 aromatic heterocycles. The van der Waals surface area contributed by atoms with E-state index in [9.17, 15) is 19.5 Å². The highest BCUT2D eigenvalue weighted by Crippen LogP contribution is 2.65. The van der Waals surface area contributed by atoms with E-state index in [1.54, 1.807) is 42.4 Å². The lowest BCUT2D eigenvalue weighted by Gasteiger charge is -2.40. The average Bonchev–Trinajstić information content (AvgIpc) is 3.54. The van der Waals surface area contributed by atoms with E-state index < -0.39 is 41.1 Å². The minimum absolute atomic E-state index is 0.0188. The standard InChI is InChI=1S/C30H40N2O7/c1-7-16-31(20-10-12-21(37-6)13-11-20)27(35)25-30-15-14-29(9-3,39-30)24(28(36)38-17-8-2)23(30)26(34)32(25)22(18-33)19(4)5/h7-8,10-13,19,22-25,33H,1-2,9,14-18H2,3-6H3/t22-,23-,24-,25?,29+,30?/m0/s1. The second-order valence-corrected chi connectivity index (χ2v) is 10.9. The number of carbonyl (C=O) groups is 3. The van der Waals surface area contributed by atoms with Crippen LogP contribution in [0.25, 0.3) is 0 Å². The number of benzene rings is 1. The number of amides is 2. The molecule has 9 nitrogen and oxygen atoms in total. The lowest BCUT2D eigenvalue weighted by molar-refractivity contribution is -0.161. The Kier molecular flexibility index (Phi) is 8.23. The first kappa shape index (κ1) is 28.8. The summed E-state index contributed by atoms with van der Waals surface area (Å²) in [6.07, 6.45) is 4.57. The van der Waals surface area contributed by atoms with Crippen LogP contribution in [-0.2, 0) is 23.9 Å². The summed E-state index contributed by atoms with van der Waals surface area (Å²) in [4.78, 5) is 45.5. The maximum atomic E-state index is 14.6. The molecule has 2 bridgehead atoms. The van der Waals surface area contributed by atoms with Crippen LogP contribution in [0.5, 0.6) is 5.75 Å². The van der Waals surface area contributed by atoms with Crippen LogP contribution >= 0.6 is 0 Å². The molecule has 3 heterocycles. The largest absolute Gasteiger partial charge is 0.497 e. The number of ether oxygens (including phenoxy) is 3. The van der Waals surface area contributed by atoms with E-state index in [1.165, 1.54) is 11.0 Å². The summed E-state index contributed by atoms with van der Waals surface area (Å²) in [5, 5.41) is 10.4. The van der Waals surface area contributed by atoms with Gasteiger partial charge in [-0.05, 0) is 49.4 Å². The van der Waals surface area contributed by atoms with E-state index in [0.29, 0.717) is 30.7 Å². The van der Waals surface area contributed by atoms with E-state index in [4.69, 9.17) is 14.2 Å². The molecule has 1 N–H and O–H groups in total. The van der Waals surface area contributed by atoms with Crippen LogP contribution in [0.15, 0.2) is 49.6 Å². The van der Waals surface area contributed by atoms with Crippen molar-refractivity contribution in [2.75, 3.05) is 31.8 Å². The first-order chi connectivity index (χ1) is 18.7. The van der Waals surface area contributed by atoms with Gasteiger partial charge in [0.15, 0.2) is 0 Å². The molecular weight excluding hydrogens is 500 g/mol. The lowest BCUT2D eigenvalue weighted by Crippen LogP contribution is -2.60. The van der Waals surface area contributed by atoms with Crippen LogP contribution in [0.3, 0.4) is 0 Å². The smallest absolute Gasteiger partial charge is 0.313 e. The zero-order valence-electron chi connectivity index (χ0n) is 23.3.